The highest BCUT2D eigenvalue weighted by molar-refractivity contribution is 9.10. The zero-order chi connectivity index (χ0) is 13.6. The fourth-order valence-electron chi connectivity index (χ4n) is 2.25. The summed E-state index contributed by atoms with van der Waals surface area (Å²) in [6, 6.07) is 12.5. The molecule has 2 aromatic carbocycles. The zero-order valence-corrected chi connectivity index (χ0v) is 11.8. The van der Waals surface area contributed by atoms with Gasteiger partial charge < -0.3 is 5.21 Å². The number of halogens is 1. The highest BCUT2D eigenvalue weighted by atomic mass is 79.9. The lowest BCUT2D eigenvalue weighted by Gasteiger charge is -2.02. The molecule has 2 aromatic rings. The number of rotatable bonds is 1. The van der Waals surface area contributed by atoms with Crippen LogP contribution in [0.2, 0.25) is 0 Å². The lowest BCUT2D eigenvalue weighted by atomic mass is 10.0. The van der Waals surface area contributed by atoms with E-state index < -0.39 is 0 Å². The summed E-state index contributed by atoms with van der Waals surface area (Å²) in [5.41, 5.74) is 2.72. The smallest absolute Gasteiger partial charge is 0.272 e. The molecule has 0 saturated carbocycles. The minimum atomic E-state index is -0.225. The molecule has 0 fully saturated rings. The molecule has 0 bridgehead atoms. The van der Waals surface area contributed by atoms with Crippen LogP contribution in [0.5, 0.6) is 0 Å². The number of Topliss-reactive ketones (excluding diaryl/α,β-unsaturated/α-hetero) is 1. The van der Waals surface area contributed by atoms with Crippen LogP contribution >= 0.6 is 15.9 Å². The van der Waals surface area contributed by atoms with Crippen molar-refractivity contribution in [3.8, 4) is 0 Å². The Morgan fingerprint density at radius 1 is 1.16 bits per heavy atom. The maximum Gasteiger partial charge on any atom is 0.272 e. The fourth-order valence-corrected chi connectivity index (χ4v) is 2.61. The van der Waals surface area contributed by atoms with Crippen molar-refractivity contribution in [2.24, 2.45) is 0 Å². The summed E-state index contributed by atoms with van der Waals surface area (Å²) < 4.78 is 1.51. The van der Waals surface area contributed by atoms with Crippen molar-refractivity contribution in [3.63, 3.8) is 0 Å². The van der Waals surface area contributed by atoms with Crippen LogP contribution in [0.1, 0.15) is 21.5 Å². The van der Waals surface area contributed by atoms with Crippen molar-refractivity contribution in [1.82, 2.24) is 0 Å². The van der Waals surface area contributed by atoms with E-state index in [0.717, 1.165) is 14.8 Å². The monoisotopic (exact) mass is 315 g/mol. The molecule has 94 valence electrons. The van der Waals surface area contributed by atoms with Crippen molar-refractivity contribution >= 4 is 33.1 Å². The Kier molecular flexibility index (Phi) is 2.75. The normalized spacial score (nSPS) is 13.9. The summed E-state index contributed by atoms with van der Waals surface area (Å²) in [5.74, 6) is -0.225. The summed E-state index contributed by atoms with van der Waals surface area (Å²) in [5, 5.41) is 12.3. The quantitative estimate of drug-likeness (QED) is 0.596. The molecule has 0 unspecified atom stereocenters. The maximum absolute atomic E-state index is 12.4. The van der Waals surface area contributed by atoms with E-state index >= 15 is 0 Å². The second-order valence-corrected chi connectivity index (χ2v) is 5.42. The molecule has 1 aliphatic heterocycles. The van der Waals surface area contributed by atoms with Gasteiger partial charge in [0.2, 0.25) is 5.69 Å². The Morgan fingerprint density at radius 2 is 1.95 bits per heavy atom. The van der Waals surface area contributed by atoms with Crippen LogP contribution in [-0.2, 0) is 0 Å². The van der Waals surface area contributed by atoms with Gasteiger partial charge in [0.15, 0.2) is 0 Å². The number of hydrogen-bond acceptors (Lipinski definition) is 2. The van der Waals surface area contributed by atoms with Crippen LogP contribution in [0.4, 0.5) is 5.69 Å². The molecule has 0 N–H and O–H groups in total. The Hall–Kier alpha value is -1.94. The molecule has 3 rings (SSSR count). The first-order valence-electron chi connectivity index (χ1n) is 5.83. The summed E-state index contributed by atoms with van der Waals surface area (Å²) >= 11 is 3.32. The van der Waals surface area contributed by atoms with Gasteiger partial charge in [-0.1, -0.05) is 33.6 Å². The predicted octanol–water partition coefficient (Wildman–Crippen LogP) is 3.58. The average molecular weight is 316 g/mol. The minimum absolute atomic E-state index is 0.191. The van der Waals surface area contributed by atoms with Crippen LogP contribution in [0, 0.1) is 12.1 Å². The molecule has 0 aliphatic carbocycles. The number of aryl methyl sites for hydroxylation is 1. The van der Waals surface area contributed by atoms with Crippen LogP contribution in [0.15, 0.2) is 46.9 Å². The number of benzene rings is 2. The van der Waals surface area contributed by atoms with Crippen LogP contribution in [-0.4, -0.2) is 16.2 Å². The van der Waals surface area contributed by atoms with Crippen LogP contribution in [0.3, 0.4) is 0 Å². The van der Waals surface area contributed by atoms with Crippen LogP contribution in [0.25, 0.3) is 0 Å². The molecule has 0 spiro atoms. The van der Waals surface area contributed by atoms with Gasteiger partial charge in [0, 0.05) is 10.5 Å². The average Bonchev–Trinajstić information content (AvgIpc) is 2.61. The van der Waals surface area contributed by atoms with Gasteiger partial charge in [-0.3, -0.25) is 4.79 Å². The number of carbonyl (C=O) groups excluding carboxylic acids is 1. The van der Waals surface area contributed by atoms with Gasteiger partial charge in [-0.05, 0) is 31.2 Å². The molecular weight excluding hydrogens is 306 g/mol. The van der Waals surface area contributed by atoms with Gasteiger partial charge in [0.25, 0.3) is 11.5 Å². The third-order valence-electron chi connectivity index (χ3n) is 3.13. The molecule has 0 radical (unpaired) electrons. The highest BCUT2D eigenvalue weighted by Crippen LogP contribution is 2.30. The number of hydrogen-bond donors (Lipinski definition) is 0. The highest BCUT2D eigenvalue weighted by Gasteiger charge is 2.36. The third-order valence-corrected chi connectivity index (χ3v) is 3.62. The molecule has 0 amide bonds. The first-order chi connectivity index (χ1) is 9.08. The third kappa shape index (κ3) is 1.88. The van der Waals surface area contributed by atoms with E-state index in [1.165, 1.54) is 0 Å². The molecule has 0 saturated heterocycles. The zero-order valence-electron chi connectivity index (χ0n) is 10.2. The Bertz CT molecular complexity index is 735. The van der Waals surface area contributed by atoms with E-state index in [1.807, 2.05) is 25.1 Å². The standard InChI is InChI=1S/C15H10BrNO2/c1-9-3-2-4-10(7-9)14-15(18)12-8-11(16)5-6-13(12)17(14)19/h2-8H,1H3. The van der Waals surface area contributed by atoms with Gasteiger partial charge in [-0.25, -0.2) is 0 Å². The molecule has 1 aliphatic rings. The van der Waals surface area contributed by atoms with Gasteiger partial charge >= 0.3 is 0 Å². The second-order valence-electron chi connectivity index (χ2n) is 4.50. The summed E-state index contributed by atoms with van der Waals surface area (Å²) in [6.07, 6.45) is 0. The summed E-state index contributed by atoms with van der Waals surface area (Å²) in [6.45, 7) is 1.93. The van der Waals surface area contributed by atoms with Gasteiger partial charge in [0.1, 0.15) is 5.56 Å². The van der Waals surface area contributed by atoms with Crippen molar-refractivity contribution in [1.29, 1.82) is 0 Å². The van der Waals surface area contributed by atoms with E-state index in [9.17, 15) is 10.0 Å². The van der Waals surface area contributed by atoms with Crippen molar-refractivity contribution < 1.29 is 9.53 Å². The Balaban J connectivity index is 2.20. The predicted molar refractivity (Wildman–Crippen MR) is 77.0 cm³/mol. The second kappa shape index (κ2) is 4.31. The largest absolute Gasteiger partial charge is 0.618 e. The molecule has 0 atom stereocenters. The van der Waals surface area contributed by atoms with Crippen LogP contribution < -0.4 is 0 Å². The van der Waals surface area contributed by atoms with Gasteiger partial charge in [0.05, 0.1) is 5.56 Å². The SMILES string of the molecule is Cc1cccc(C2=[N+]([O-])c3ccc(Br)cc3C2=O)c1. The van der Waals surface area contributed by atoms with E-state index in [4.69, 9.17) is 0 Å². The molecule has 4 heteroatoms. The lowest BCUT2D eigenvalue weighted by Crippen LogP contribution is -2.16. The minimum Gasteiger partial charge on any atom is -0.618 e. The molecule has 0 aromatic heterocycles. The van der Waals surface area contributed by atoms with Crippen molar-refractivity contribution in [3.05, 3.63) is 68.8 Å². The van der Waals surface area contributed by atoms with Crippen molar-refractivity contribution in [2.75, 3.05) is 0 Å². The van der Waals surface area contributed by atoms with E-state index in [1.54, 1.807) is 24.3 Å². The first kappa shape index (κ1) is 12.1. The number of ketones is 1. The molecule has 1 heterocycles. The Labute approximate surface area is 118 Å². The summed E-state index contributed by atoms with van der Waals surface area (Å²) in [7, 11) is 0. The number of carbonyl (C=O) groups is 1. The maximum atomic E-state index is 12.4. The number of nitrogens with zero attached hydrogens (tertiary/aromatic N) is 1. The first-order valence-corrected chi connectivity index (χ1v) is 6.63. The molecular formula is C15H10BrNO2. The molecule has 19 heavy (non-hydrogen) atoms. The lowest BCUT2D eigenvalue weighted by molar-refractivity contribution is -0.355. The summed E-state index contributed by atoms with van der Waals surface area (Å²) in [4.78, 5) is 12.4. The topological polar surface area (TPSA) is 43.1 Å². The molecule has 3 nitrogen and oxygen atoms in total. The van der Waals surface area contributed by atoms with Gasteiger partial charge in [-0.15, -0.1) is 0 Å². The van der Waals surface area contributed by atoms with E-state index in [0.29, 0.717) is 16.8 Å². The Morgan fingerprint density at radius 3 is 2.68 bits per heavy atom. The van der Waals surface area contributed by atoms with E-state index in [-0.39, 0.29) is 11.5 Å². The van der Waals surface area contributed by atoms with Crippen molar-refractivity contribution in [2.45, 2.75) is 6.92 Å². The fraction of sp³-hybridized carbons (Fsp3) is 0.0667. The van der Waals surface area contributed by atoms with Gasteiger partial charge in [-0.2, -0.15) is 4.74 Å². The number of fused-ring (bicyclic) bond motifs is 1. The van der Waals surface area contributed by atoms with E-state index in [2.05, 4.69) is 15.9 Å².